The van der Waals surface area contributed by atoms with Gasteiger partial charge >= 0.3 is 0 Å². The number of alkyl halides is 1. The van der Waals surface area contributed by atoms with E-state index in [0.29, 0.717) is 5.88 Å². The Bertz CT molecular complexity index is 536. The molecule has 0 saturated carbocycles. The number of imidazole rings is 1. The Morgan fingerprint density at radius 2 is 1.76 bits per heavy atom. The van der Waals surface area contributed by atoms with Crippen LogP contribution in [0.4, 0.5) is 0 Å². The molecule has 114 valence electrons. The lowest BCUT2D eigenvalue weighted by atomic mass is 10.2. The minimum Gasteiger partial charge on any atom is -0.309 e. The van der Waals surface area contributed by atoms with Gasteiger partial charge in [0, 0.05) is 32.7 Å². The van der Waals surface area contributed by atoms with Crippen LogP contribution in [0.3, 0.4) is 0 Å². The fraction of sp³-hybridized carbons (Fsp3) is 0.400. The molecule has 4 nitrogen and oxygen atoms in total. The zero-order chi connectivity index (χ0) is 13.8. The first kappa shape index (κ1) is 16.1. The fourth-order valence-corrected chi connectivity index (χ4v) is 2.81. The standard InChI is InChI=1S/C15H19ClN4.ClH/c16-10-15-11-17-13-20(15)19-8-6-18(7-9-19)12-14-4-2-1-3-5-14;/h1-5,11,13H,6-10,12H2;1H. The molecular formula is C15H20Cl2N4. The molecule has 21 heavy (non-hydrogen) atoms. The summed E-state index contributed by atoms with van der Waals surface area (Å²) in [7, 11) is 0. The smallest absolute Gasteiger partial charge is 0.114 e. The minimum absolute atomic E-state index is 0. The third kappa shape index (κ3) is 3.90. The molecule has 1 aromatic carbocycles. The van der Waals surface area contributed by atoms with Gasteiger partial charge in [-0.1, -0.05) is 30.3 Å². The van der Waals surface area contributed by atoms with Crippen LogP contribution in [-0.4, -0.2) is 40.7 Å². The van der Waals surface area contributed by atoms with Gasteiger partial charge in [0.1, 0.15) is 6.33 Å². The van der Waals surface area contributed by atoms with Crippen LogP contribution in [0.2, 0.25) is 0 Å². The molecule has 0 atom stereocenters. The van der Waals surface area contributed by atoms with Crippen LogP contribution in [0.25, 0.3) is 0 Å². The Morgan fingerprint density at radius 3 is 2.43 bits per heavy atom. The topological polar surface area (TPSA) is 24.3 Å². The highest BCUT2D eigenvalue weighted by Gasteiger charge is 2.18. The van der Waals surface area contributed by atoms with E-state index in [1.807, 2.05) is 12.5 Å². The largest absolute Gasteiger partial charge is 0.309 e. The first-order valence-electron chi connectivity index (χ1n) is 6.95. The van der Waals surface area contributed by atoms with Crippen molar-refractivity contribution in [3.8, 4) is 0 Å². The van der Waals surface area contributed by atoms with E-state index in [1.54, 1.807) is 0 Å². The summed E-state index contributed by atoms with van der Waals surface area (Å²) in [5.41, 5.74) is 2.44. The van der Waals surface area contributed by atoms with Crippen molar-refractivity contribution in [2.75, 3.05) is 31.2 Å². The van der Waals surface area contributed by atoms with E-state index in [4.69, 9.17) is 11.6 Å². The molecule has 0 radical (unpaired) electrons. The van der Waals surface area contributed by atoms with Gasteiger partial charge in [0.05, 0.1) is 17.8 Å². The second-order valence-corrected chi connectivity index (χ2v) is 5.35. The maximum absolute atomic E-state index is 5.93. The van der Waals surface area contributed by atoms with Crippen molar-refractivity contribution in [2.45, 2.75) is 12.4 Å². The lowest BCUT2D eigenvalue weighted by Gasteiger charge is -2.37. The van der Waals surface area contributed by atoms with Crippen LogP contribution in [0.1, 0.15) is 11.3 Å². The number of hydrogen-bond acceptors (Lipinski definition) is 3. The average molecular weight is 327 g/mol. The molecule has 2 heterocycles. The van der Waals surface area contributed by atoms with Crippen LogP contribution in [0.5, 0.6) is 0 Å². The molecule has 6 heteroatoms. The van der Waals surface area contributed by atoms with Gasteiger partial charge in [-0.15, -0.1) is 24.0 Å². The summed E-state index contributed by atoms with van der Waals surface area (Å²) in [4.78, 5) is 6.67. The van der Waals surface area contributed by atoms with Crippen molar-refractivity contribution >= 4 is 24.0 Å². The zero-order valence-corrected chi connectivity index (χ0v) is 13.4. The Kier molecular flexibility index (Phi) is 5.91. The van der Waals surface area contributed by atoms with Crippen molar-refractivity contribution in [3.63, 3.8) is 0 Å². The van der Waals surface area contributed by atoms with Crippen molar-refractivity contribution < 1.29 is 0 Å². The minimum atomic E-state index is 0. The first-order chi connectivity index (χ1) is 9.86. The normalized spacial score (nSPS) is 15.8. The summed E-state index contributed by atoms with van der Waals surface area (Å²) in [5.74, 6) is 0.504. The van der Waals surface area contributed by atoms with E-state index >= 15 is 0 Å². The highest BCUT2D eigenvalue weighted by molar-refractivity contribution is 6.16. The Balaban J connectivity index is 0.00000161. The number of halogens is 2. The quantitative estimate of drug-likeness (QED) is 0.807. The molecule has 0 amide bonds. The number of hydrogen-bond donors (Lipinski definition) is 0. The number of benzene rings is 1. The van der Waals surface area contributed by atoms with E-state index in [-0.39, 0.29) is 12.4 Å². The monoisotopic (exact) mass is 326 g/mol. The second kappa shape index (κ2) is 7.69. The van der Waals surface area contributed by atoms with Gasteiger partial charge in [0.15, 0.2) is 0 Å². The Labute approximate surface area is 136 Å². The Hall–Kier alpha value is -1.23. The van der Waals surface area contributed by atoms with Crippen molar-refractivity contribution in [2.24, 2.45) is 0 Å². The van der Waals surface area contributed by atoms with Crippen LogP contribution >= 0.6 is 24.0 Å². The third-order valence-electron chi connectivity index (χ3n) is 3.73. The van der Waals surface area contributed by atoms with E-state index in [0.717, 1.165) is 38.4 Å². The van der Waals surface area contributed by atoms with Crippen LogP contribution in [-0.2, 0) is 12.4 Å². The summed E-state index contributed by atoms with van der Waals surface area (Å²) >= 11 is 5.93. The molecule has 1 aliphatic rings. The number of aromatic nitrogens is 2. The van der Waals surface area contributed by atoms with E-state index in [1.165, 1.54) is 5.56 Å². The summed E-state index contributed by atoms with van der Waals surface area (Å²) in [5, 5.41) is 2.31. The number of rotatable bonds is 4. The average Bonchev–Trinajstić information content (AvgIpc) is 2.98. The predicted molar refractivity (Wildman–Crippen MR) is 88.7 cm³/mol. The van der Waals surface area contributed by atoms with Gasteiger partial charge < -0.3 is 5.01 Å². The lowest BCUT2D eigenvalue weighted by Crippen LogP contribution is -2.50. The van der Waals surface area contributed by atoms with Crippen molar-refractivity contribution in [1.29, 1.82) is 0 Å². The summed E-state index contributed by atoms with van der Waals surface area (Å²) < 4.78 is 2.09. The van der Waals surface area contributed by atoms with Gasteiger partial charge in [-0.3, -0.25) is 4.90 Å². The van der Waals surface area contributed by atoms with E-state index < -0.39 is 0 Å². The zero-order valence-electron chi connectivity index (χ0n) is 11.9. The molecule has 1 aliphatic heterocycles. The van der Waals surface area contributed by atoms with Crippen LogP contribution in [0.15, 0.2) is 42.9 Å². The number of nitrogens with zero attached hydrogens (tertiary/aromatic N) is 4. The molecule has 0 unspecified atom stereocenters. The fourth-order valence-electron chi connectivity index (χ4n) is 2.62. The maximum atomic E-state index is 5.93. The van der Waals surface area contributed by atoms with Gasteiger partial charge in [0.2, 0.25) is 0 Å². The molecule has 0 N–H and O–H groups in total. The molecule has 0 bridgehead atoms. The maximum Gasteiger partial charge on any atom is 0.114 e. The van der Waals surface area contributed by atoms with Gasteiger partial charge in [0.25, 0.3) is 0 Å². The molecule has 1 aromatic heterocycles. The molecule has 0 aliphatic carbocycles. The van der Waals surface area contributed by atoms with E-state index in [2.05, 4.69) is 49.9 Å². The SMILES string of the molecule is Cl.ClCc1cncn1N1CCN(Cc2ccccc2)CC1. The van der Waals surface area contributed by atoms with Crippen LogP contribution in [0, 0.1) is 0 Å². The molecule has 2 aromatic rings. The summed E-state index contributed by atoms with van der Waals surface area (Å²) in [6, 6.07) is 10.6. The van der Waals surface area contributed by atoms with Gasteiger partial charge in [-0.2, -0.15) is 0 Å². The van der Waals surface area contributed by atoms with E-state index in [9.17, 15) is 0 Å². The molecule has 1 fully saturated rings. The molecule has 1 saturated heterocycles. The highest BCUT2D eigenvalue weighted by atomic mass is 35.5. The van der Waals surface area contributed by atoms with Crippen LogP contribution < -0.4 is 5.01 Å². The van der Waals surface area contributed by atoms with Gasteiger partial charge in [-0.25, -0.2) is 9.66 Å². The Morgan fingerprint density at radius 1 is 1.05 bits per heavy atom. The van der Waals surface area contributed by atoms with Crippen molar-refractivity contribution in [3.05, 3.63) is 54.1 Å². The van der Waals surface area contributed by atoms with Gasteiger partial charge in [-0.05, 0) is 5.56 Å². The summed E-state index contributed by atoms with van der Waals surface area (Å²) in [6.07, 6.45) is 3.69. The number of piperazine rings is 1. The molecule has 0 spiro atoms. The lowest BCUT2D eigenvalue weighted by molar-refractivity contribution is 0.231. The molecule has 3 rings (SSSR count). The second-order valence-electron chi connectivity index (χ2n) is 5.08. The van der Waals surface area contributed by atoms with Crippen molar-refractivity contribution in [1.82, 2.24) is 14.6 Å². The predicted octanol–water partition coefficient (Wildman–Crippen LogP) is 2.50. The summed E-state index contributed by atoms with van der Waals surface area (Å²) in [6.45, 7) is 5.17. The molecular weight excluding hydrogens is 307 g/mol. The highest BCUT2D eigenvalue weighted by Crippen LogP contribution is 2.10. The third-order valence-corrected chi connectivity index (χ3v) is 4.01. The first-order valence-corrected chi connectivity index (χ1v) is 7.49.